The van der Waals surface area contributed by atoms with Gasteiger partial charge in [-0.25, -0.2) is 0 Å². The van der Waals surface area contributed by atoms with E-state index in [4.69, 9.17) is 4.74 Å². The molecule has 0 unspecified atom stereocenters. The van der Waals surface area contributed by atoms with E-state index in [1.54, 1.807) is 0 Å². The molecule has 3 aromatic rings. The van der Waals surface area contributed by atoms with Gasteiger partial charge in [0.15, 0.2) is 0 Å². The molecule has 0 aromatic heterocycles. The molecule has 94 valence electrons. The maximum Gasteiger partial charge on any atom is 0.128 e. The summed E-state index contributed by atoms with van der Waals surface area (Å²) in [5.74, 6) is 1.75. The number of hydrogen-bond acceptors (Lipinski definition) is 1. The van der Waals surface area contributed by atoms with Gasteiger partial charge in [-0.15, -0.1) is 0 Å². The monoisotopic (exact) mass is 248 g/mol. The Balaban J connectivity index is 1.94. The summed E-state index contributed by atoms with van der Waals surface area (Å²) in [6, 6.07) is 20.7. The average molecular weight is 248 g/mol. The fraction of sp³-hybridized carbons (Fsp3) is 0.111. The van der Waals surface area contributed by atoms with Crippen molar-refractivity contribution in [3.8, 4) is 11.5 Å². The highest BCUT2D eigenvalue weighted by molar-refractivity contribution is 5.84. The zero-order valence-corrected chi connectivity index (χ0v) is 11.2. The molecule has 0 N–H and O–H groups in total. The molecule has 0 atom stereocenters. The largest absolute Gasteiger partial charge is 0.457 e. The molecule has 3 aromatic carbocycles. The summed E-state index contributed by atoms with van der Waals surface area (Å²) < 4.78 is 5.88. The van der Waals surface area contributed by atoms with Gasteiger partial charge in [0, 0.05) is 0 Å². The van der Waals surface area contributed by atoms with Crippen LogP contribution in [0.1, 0.15) is 11.1 Å². The second kappa shape index (κ2) is 4.77. The molecule has 0 aliphatic rings. The fourth-order valence-corrected chi connectivity index (χ4v) is 2.15. The summed E-state index contributed by atoms with van der Waals surface area (Å²) in [5, 5.41) is 2.45. The van der Waals surface area contributed by atoms with Crippen LogP contribution in [0.2, 0.25) is 0 Å². The first-order valence-electron chi connectivity index (χ1n) is 6.46. The van der Waals surface area contributed by atoms with Crippen molar-refractivity contribution >= 4 is 10.8 Å². The number of rotatable bonds is 2. The van der Waals surface area contributed by atoms with Gasteiger partial charge in [-0.3, -0.25) is 0 Å². The second-order valence-corrected chi connectivity index (χ2v) is 4.93. The van der Waals surface area contributed by atoms with Crippen molar-refractivity contribution in [3.63, 3.8) is 0 Å². The third-order valence-electron chi connectivity index (χ3n) is 3.22. The van der Waals surface area contributed by atoms with E-state index in [-0.39, 0.29) is 0 Å². The Morgan fingerprint density at radius 1 is 0.579 bits per heavy atom. The summed E-state index contributed by atoms with van der Waals surface area (Å²) in [6.45, 7) is 4.18. The van der Waals surface area contributed by atoms with Crippen LogP contribution >= 0.6 is 0 Å². The minimum atomic E-state index is 0.873. The van der Waals surface area contributed by atoms with Crippen LogP contribution in [0.25, 0.3) is 10.8 Å². The van der Waals surface area contributed by atoms with Crippen molar-refractivity contribution in [2.75, 3.05) is 0 Å². The second-order valence-electron chi connectivity index (χ2n) is 4.93. The molecule has 0 aliphatic carbocycles. The van der Waals surface area contributed by atoms with Gasteiger partial charge in [0.2, 0.25) is 0 Å². The lowest BCUT2D eigenvalue weighted by atomic mass is 10.1. The van der Waals surface area contributed by atoms with Gasteiger partial charge < -0.3 is 4.74 Å². The van der Waals surface area contributed by atoms with Crippen molar-refractivity contribution < 1.29 is 4.74 Å². The molecule has 0 saturated carbocycles. The Labute approximate surface area is 113 Å². The van der Waals surface area contributed by atoms with Crippen molar-refractivity contribution in [2.45, 2.75) is 13.8 Å². The van der Waals surface area contributed by atoms with E-state index in [2.05, 4.69) is 56.3 Å². The molecule has 1 heteroatoms. The Morgan fingerprint density at radius 2 is 1.21 bits per heavy atom. The van der Waals surface area contributed by atoms with Crippen LogP contribution in [-0.2, 0) is 0 Å². The number of aryl methyl sites for hydroxylation is 2. The first-order valence-corrected chi connectivity index (χ1v) is 6.46. The molecule has 19 heavy (non-hydrogen) atoms. The zero-order chi connectivity index (χ0) is 13.2. The molecular weight excluding hydrogens is 232 g/mol. The van der Waals surface area contributed by atoms with Crippen LogP contribution in [0, 0.1) is 13.8 Å². The van der Waals surface area contributed by atoms with Crippen molar-refractivity contribution in [2.24, 2.45) is 0 Å². The first-order chi connectivity index (χ1) is 9.20. The van der Waals surface area contributed by atoms with Crippen LogP contribution in [-0.4, -0.2) is 0 Å². The van der Waals surface area contributed by atoms with Crippen molar-refractivity contribution in [3.05, 3.63) is 71.8 Å². The maximum atomic E-state index is 5.88. The van der Waals surface area contributed by atoms with Gasteiger partial charge >= 0.3 is 0 Å². The van der Waals surface area contributed by atoms with Crippen LogP contribution in [0.3, 0.4) is 0 Å². The van der Waals surface area contributed by atoms with Crippen LogP contribution < -0.4 is 4.74 Å². The minimum absolute atomic E-state index is 0.873. The average Bonchev–Trinajstić information content (AvgIpc) is 2.41. The molecule has 0 amide bonds. The van der Waals surface area contributed by atoms with Crippen molar-refractivity contribution in [1.29, 1.82) is 0 Å². The van der Waals surface area contributed by atoms with Crippen LogP contribution in [0.15, 0.2) is 60.7 Å². The molecule has 1 nitrogen and oxygen atoms in total. The van der Waals surface area contributed by atoms with Gasteiger partial charge in [-0.2, -0.15) is 0 Å². The molecule has 0 fully saturated rings. The van der Waals surface area contributed by atoms with E-state index in [0.29, 0.717) is 0 Å². The van der Waals surface area contributed by atoms with Gasteiger partial charge in [-0.05, 0) is 48.9 Å². The van der Waals surface area contributed by atoms with E-state index >= 15 is 0 Å². The van der Waals surface area contributed by atoms with E-state index < -0.39 is 0 Å². The van der Waals surface area contributed by atoms with Gasteiger partial charge in [0.05, 0.1) is 0 Å². The number of ether oxygens (including phenoxy) is 1. The predicted octanol–water partition coefficient (Wildman–Crippen LogP) is 5.25. The van der Waals surface area contributed by atoms with Gasteiger partial charge in [0.25, 0.3) is 0 Å². The summed E-state index contributed by atoms with van der Waals surface area (Å²) in [4.78, 5) is 0. The zero-order valence-electron chi connectivity index (χ0n) is 11.2. The number of fused-ring (bicyclic) bond motifs is 1. The normalized spacial score (nSPS) is 10.6. The van der Waals surface area contributed by atoms with Gasteiger partial charge in [-0.1, -0.05) is 47.5 Å². The lowest BCUT2D eigenvalue weighted by Gasteiger charge is -2.07. The third-order valence-corrected chi connectivity index (χ3v) is 3.22. The first kappa shape index (κ1) is 11.8. The standard InChI is InChI=1S/C18H16O/c1-13-4-8-17(9-5-13)19-18-10-7-15-6-3-14(2)11-16(15)12-18/h3-12H,1-2H3. The third kappa shape index (κ3) is 2.60. The molecule has 0 heterocycles. The highest BCUT2D eigenvalue weighted by Crippen LogP contribution is 2.26. The summed E-state index contributed by atoms with van der Waals surface area (Å²) >= 11 is 0. The smallest absolute Gasteiger partial charge is 0.128 e. The summed E-state index contributed by atoms with van der Waals surface area (Å²) in [5.41, 5.74) is 2.50. The van der Waals surface area contributed by atoms with E-state index in [9.17, 15) is 0 Å². The van der Waals surface area contributed by atoms with Crippen molar-refractivity contribution in [1.82, 2.24) is 0 Å². The minimum Gasteiger partial charge on any atom is -0.457 e. The molecular formula is C18H16O. The van der Waals surface area contributed by atoms with Crippen LogP contribution in [0.4, 0.5) is 0 Å². The van der Waals surface area contributed by atoms with E-state index in [1.807, 2.05) is 18.2 Å². The van der Waals surface area contributed by atoms with Crippen LogP contribution in [0.5, 0.6) is 11.5 Å². The SMILES string of the molecule is Cc1ccc(Oc2ccc3ccc(C)cc3c2)cc1. The Hall–Kier alpha value is -2.28. The van der Waals surface area contributed by atoms with E-state index in [1.165, 1.54) is 21.9 Å². The summed E-state index contributed by atoms with van der Waals surface area (Å²) in [6.07, 6.45) is 0. The van der Waals surface area contributed by atoms with E-state index in [0.717, 1.165) is 11.5 Å². The lowest BCUT2D eigenvalue weighted by Crippen LogP contribution is -1.85. The topological polar surface area (TPSA) is 9.23 Å². The Kier molecular flexibility index (Phi) is 2.96. The molecule has 0 aliphatic heterocycles. The molecule has 0 spiro atoms. The highest BCUT2D eigenvalue weighted by Gasteiger charge is 2.00. The summed E-state index contributed by atoms with van der Waals surface area (Å²) in [7, 11) is 0. The highest BCUT2D eigenvalue weighted by atomic mass is 16.5. The maximum absolute atomic E-state index is 5.88. The number of benzene rings is 3. The molecule has 0 bridgehead atoms. The predicted molar refractivity (Wildman–Crippen MR) is 79.9 cm³/mol. The molecule has 0 saturated heterocycles. The van der Waals surface area contributed by atoms with Gasteiger partial charge in [0.1, 0.15) is 11.5 Å². The lowest BCUT2D eigenvalue weighted by molar-refractivity contribution is 0.483. The quantitative estimate of drug-likeness (QED) is 0.602. The number of hydrogen-bond donors (Lipinski definition) is 0. The Morgan fingerprint density at radius 3 is 2.00 bits per heavy atom. The Bertz CT molecular complexity index is 711. The molecule has 0 radical (unpaired) electrons. The fourth-order valence-electron chi connectivity index (χ4n) is 2.15. The molecule has 3 rings (SSSR count).